The molecular formula is C19H9ClF5N3O2. The highest BCUT2D eigenvalue weighted by Crippen LogP contribution is 2.35. The summed E-state index contributed by atoms with van der Waals surface area (Å²) in [5, 5.41) is 12.6. The summed E-state index contributed by atoms with van der Waals surface area (Å²) in [6.07, 6.45) is 1.21. The minimum absolute atomic E-state index is 0.0600. The number of benzene rings is 2. The summed E-state index contributed by atoms with van der Waals surface area (Å²) in [6.45, 7) is 0.992. The molecule has 0 bridgehead atoms. The van der Waals surface area contributed by atoms with Crippen molar-refractivity contribution in [3.05, 3.63) is 63.4 Å². The maximum absolute atomic E-state index is 14.1. The van der Waals surface area contributed by atoms with Crippen LogP contribution in [0.5, 0.6) is 5.75 Å². The lowest BCUT2D eigenvalue weighted by Crippen LogP contribution is -2.25. The maximum Gasteiger partial charge on any atom is 0.280 e. The topological polar surface area (TPSA) is 65.7 Å². The number of nitrogens with zero attached hydrogens (tertiary/aromatic N) is 3. The molecule has 0 unspecified atom stereocenters. The van der Waals surface area contributed by atoms with Gasteiger partial charge in [-0.3, -0.25) is 4.79 Å². The Kier molecular flexibility index (Phi) is 5.75. The number of hydrogen-bond acceptors (Lipinski definition) is 4. The van der Waals surface area contributed by atoms with Crippen LogP contribution in [0.1, 0.15) is 12.5 Å². The monoisotopic (exact) mass is 441 g/mol. The van der Waals surface area contributed by atoms with Gasteiger partial charge in [-0.05, 0) is 31.2 Å². The highest BCUT2D eigenvalue weighted by Gasteiger charge is 2.37. The van der Waals surface area contributed by atoms with E-state index >= 15 is 0 Å². The second kappa shape index (κ2) is 8.12. The fourth-order valence-electron chi connectivity index (χ4n) is 2.64. The van der Waals surface area contributed by atoms with E-state index in [0.29, 0.717) is 0 Å². The van der Waals surface area contributed by atoms with Crippen LogP contribution in [0.2, 0.25) is 5.02 Å². The van der Waals surface area contributed by atoms with Crippen molar-refractivity contribution in [2.75, 3.05) is 11.6 Å². The Morgan fingerprint density at radius 1 is 1.13 bits per heavy atom. The van der Waals surface area contributed by atoms with Crippen LogP contribution in [-0.4, -0.2) is 18.2 Å². The van der Waals surface area contributed by atoms with Gasteiger partial charge in [0, 0.05) is 10.6 Å². The number of amides is 1. The molecular weight excluding hydrogens is 433 g/mol. The van der Waals surface area contributed by atoms with Gasteiger partial charge in [-0.1, -0.05) is 11.6 Å². The number of anilines is 1. The summed E-state index contributed by atoms with van der Waals surface area (Å²) in [7, 11) is 0. The van der Waals surface area contributed by atoms with Crippen molar-refractivity contribution in [2.24, 2.45) is 5.10 Å². The molecule has 0 fully saturated rings. The van der Waals surface area contributed by atoms with Crippen LogP contribution < -0.4 is 9.75 Å². The first-order valence-corrected chi connectivity index (χ1v) is 8.47. The van der Waals surface area contributed by atoms with Crippen molar-refractivity contribution in [1.82, 2.24) is 0 Å². The number of hydrazone groups is 1. The number of carbonyl (C=O) groups excluding carboxylic acids is 1. The standard InChI is InChI=1S/C19H9ClF5N3O2/c1-8-11(7-9-6-10(20)2-3-12(9)30-5-4-26)19(29)28(27-8)18-16(24)14(22)13(21)15(23)17(18)25/h2-3,6-7H,5H2,1H3/b11-7-. The largest absolute Gasteiger partial charge is 0.478 e. The van der Waals surface area contributed by atoms with E-state index in [2.05, 4.69) is 5.10 Å². The maximum atomic E-state index is 14.1. The molecule has 0 aliphatic carbocycles. The Bertz CT molecular complexity index is 1140. The number of rotatable bonds is 4. The van der Waals surface area contributed by atoms with E-state index in [1.54, 1.807) is 6.07 Å². The smallest absolute Gasteiger partial charge is 0.280 e. The van der Waals surface area contributed by atoms with Crippen LogP contribution in [0.25, 0.3) is 6.08 Å². The molecule has 2 aromatic rings. The minimum atomic E-state index is -2.35. The van der Waals surface area contributed by atoms with Gasteiger partial charge in [0.2, 0.25) is 5.82 Å². The average Bonchev–Trinajstić information content (AvgIpc) is 2.98. The van der Waals surface area contributed by atoms with E-state index in [1.165, 1.54) is 31.2 Å². The molecule has 0 atom stereocenters. The normalized spacial score (nSPS) is 14.9. The molecule has 0 saturated heterocycles. The van der Waals surface area contributed by atoms with Crippen molar-refractivity contribution in [2.45, 2.75) is 6.92 Å². The summed E-state index contributed by atoms with van der Waals surface area (Å²) >= 11 is 5.93. The zero-order chi connectivity index (χ0) is 22.2. The fourth-order valence-corrected chi connectivity index (χ4v) is 2.82. The van der Waals surface area contributed by atoms with Crippen molar-refractivity contribution >= 4 is 35.0 Å². The van der Waals surface area contributed by atoms with Crippen molar-refractivity contribution in [3.8, 4) is 11.8 Å². The second-order valence-corrected chi connectivity index (χ2v) is 6.34. The summed E-state index contributed by atoms with van der Waals surface area (Å²) < 4.78 is 73.7. The second-order valence-electron chi connectivity index (χ2n) is 5.91. The third-order valence-corrected chi connectivity index (χ3v) is 4.26. The lowest BCUT2D eigenvalue weighted by atomic mass is 10.1. The predicted octanol–water partition coefficient (Wildman–Crippen LogP) is 4.74. The van der Waals surface area contributed by atoms with Crippen LogP contribution in [0.3, 0.4) is 0 Å². The van der Waals surface area contributed by atoms with Gasteiger partial charge in [-0.25, -0.2) is 22.0 Å². The van der Waals surface area contributed by atoms with Crippen LogP contribution in [0.4, 0.5) is 27.6 Å². The lowest BCUT2D eigenvalue weighted by molar-refractivity contribution is -0.114. The molecule has 3 rings (SSSR count). The molecule has 11 heteroatoms. The average molecular weight is 442 g/mol. The molecule has 30 heavy (non-hydrogen) atoms. The molecule has 0 radical (unpaired) electrons. The van der Waals surface area contributed by atoms with Gasteiger partial charge in [0.1, 0.15) is 17.5 Å². The Balaban J connectivity index is 2.09. The quantitative estimate of drug-likeness (QED) is 0.298. The van der Waals surface area contributed by atoms with E-state index in [4.69, 9.17) is 21.6 Å². The third kappa shape index (κ3) is 3.59. The third-order valence-electron chi connectivity index (χ3n) is 4.02. The van der Waals surface area contributed by atoms with Gasteiger partial charge in [0.25, 0.3) is 5.91 Å². The number of nitriles is 1. The van der Waals surface area contributed by atoms with Gasteiger partial charge in [0.15, 0.2) is 29.9 Å². The number of ether oxygens (including phenoxy) is 1. The van der Waals surface area contributed by atoms with Gasteiger partial charge in [-0.2, -0.15) is 15.4 Å². The van der Waals surface area contributed by atoms with E-state index in [1.807, 2.05) is 0 Å². The molecule has 2 aromatic carbocycles. The molecule has 0 spiro atoms. The van der Waals surface area contributed by atoms with Crippen molar-refractivity contribution in [1.29, 1.82) is 5.26 Å². The fraction of sp³-hybridized carbons (Fsp3) is 0.105. The Labute approximate surface area is 171 Å². The van der Waals surface area contributed by atoms with Gasteiger partial charge in [0.05, 0.1) is 11.3 Å². The molecule has 0 N–H and O–H groups in total. The molecule has 1 aliphatic rings. The van der Waals surface area contributed by atoms with Gasteiger partial charge in [-0.15, -0.1) is 0 Å². The first-order valence-electron chi connectivity index (χ1n) is 8.09. The Hall–Kier alpha value is -3.45. The minimum Gasteiger partial charge on any atom is -0.478 e. The number of halogens is 6. The SMILES string of the molecule is CC1=NN(c2c(F)c(F)c(F)c(F)c2F)C(=O)/C1=C\c1cc(Cl)ccc1OCC#N. The number of hydrogen-bond donors (Lipinski definition) is 0. The molecule has 0 saturated carbocycles. The summed E-state index contributed by atoms with van der Waals surface area (Å²) in [5.41, 5.74) is -1.53. The molecule has 1 heterocycles. The zero-order valence-electron chi connectivity index (χ0n) is 14.9. The summed E-state index contributed by atoms with van der Waals surface area (Å²) in [4.78, 5) is 12.7. The predicted molar refractivity (Wildman–Crippen MR) is 97.4 cm³/mol. The Morgan fingerprint density at radius 3 is 2.33 bits per heavy atom. The summed E-state index contributed by atoms with van der Waals surface area (Å²) in [5.74, 6) is -12.1. The highest BCUT2D eigenvalue weighted by molar-refractivity contribution is 6.33. The van der Waals surface area contributed by atoms with Crippen LogP contribution in [0.15, 0.2) is 28.9 Å². The first-order chi connectivity index (χ1) is 14.2. The number of carbonyl (C=O) groups is 1. The molecule has 0 aromatic heterocycles. The zero-order valence-corrected chi connectivity index (χ0v) is 15.7. The van der Waals surface area contributed by atoms with Crippen LogP contribution in [-0.2, 0) is 4.79 Å². The van der Waals surface area contributed by atoms with Gasteiger partial charge < -0.3 is 4.74 Å². The van der Waals surface area contributed by atoms with E-state index in [-0.39, 0.29) is 39.2 Å². The lowest BCUT2D eigenvalue weighted by Gasteiger charge is -2.15. The van der Waals surface area contributed by atoms with Crippen LogP contribution >= 0.6 is 11.6 Å². The molecule has 5 nitrogen and oxygen atoms in total. The highest BCUT2D eigenvalue weighted by atomic mass is 35.5. The molecule has 1 amide bonds. The van der Waals surface area contributed by atoms with E-state index in [9.17, 15) is 26.7 Å². The van der Waals surface area contributed by atoms with Crippen molar-refractivity contribution < 1.29 is 31.5 Å². The first kappa shape index (κ1) is 21.3. The molecule has 1 aliphatic heterocycles. The van der Waals surface area contributed by atoms with Crippen molar-refractivity contribution in [3.63, 3.8) is 0 Å². The summed E-state index contributed by atoms with van der Waals surface area (Å²) in [6, 6.07) is 6.05. The van der Waals surface area contributed by atoms with E-state index < -0.39 is 40.7 Å². The Morgan fingerprint density at radius 2 is 1.73 bits per heavy atom. The van der Waals surface area contributed by atoms with Gasteiger partial charge >= 0.3 is 0 Å². The van der Waals surface area contributed by atoms with Crippen LogP contribution in [0, 0.1) is 40.4 Å². The molecule has 154 valence electrons. The van der Waals surface area contributed by atoms with E-state index in [0.717, 1.165) is 0 Å².